The number of fused-ring (bicyclic) bond motifs is 2. The van der Waals surface area contributed by atoms with Crippen LogP contribution in [0.25, 0.3) is 0 Å². The zero-order valence-electron chi connectivity index (χ0n) is 16.0. The average molecular weight is 406 g/mol. The molecule has 146 valence electrons. The van der Waals surface area contributed by atoms with Gasteiger partial charge in [0.1, 0.15) is 0 Å². The van der Waals surface area contributed by atoms with E-state index in [2.05, 4.69) is 17.9 Å². The lowest BCUT2D eigenvalue weighted by Gasteiger charge is -2.44. The Morgan fingerprint density at radius 2 is 1.89 bits per heavy atom. The maximum absolute atomic E-state index is 11.6. The highest BCUT2D eigenvalue weighted by atomic mass is 32.2. The molecule has 0 aliphatic carbocycles. The molecule has 3 heterocycles. The van der Waals surface area contributed by atoms with Gasteiger partial charge in [0.2, 0.25) is 0 Å². The summed E-state index contributed by atoms with van der Waals surface area (Å²) in [6.07, 6.45) is 5.46. The Morgan fingerprint density at radius 3 is 2.52 bits per heavy atom. The average Bonchev–Trinajstić information content (AvgIpc) is 3.09. The minimum atomic E-state index is -3.13. The first-order valence-electron chi connectivity index (χ1n) is 9.67. The number of rotatable bonds is 4. The molecule has 0 radical (unpaired) electrons. The Hall–Kier alpha value is -1.21. The third-order valence-electron chi connectivity index (χ3n) is 5.83. The highest BCUT2D eigenvalue weighted by Gasteiger charge is 2.41. The standard InChI is InChI=1S/C21H27NO3S2/c1-3-17-14-19-20(26-17)8-13-25-21(19)9-11-22(12-10-21)15-16-4-6-18(7-5-16)27(2,23)24/h4-7,14H,3,8-13,15H2,1-2H3. The molecular weight excluding hydrogens is 378 g/mol. The van der Waals surface area contributed by atoms with Crippen LogP contribution in [0.3, 0.4) is 0 Å². The van der Waals surface area contributed by atoms with Gasteiger partial charge in [-0.2, -0.15) is 0 Å². The van der Waals surface area contributed by atoms with E-state index in [-0.39, 0.29) is 5.60 Å². The van der Waals surface area contributed by atoms with E-state index in [4.69, 9.17) is 4.74 Å². The van der Waals surface area contributed by atoms with Crippen LogP contribution in [0.5, 0.6) is 0 Å². The van der Waals surface area contributed by atoms with E-state index in [9.17, 15) is 8.42 Å². The van der Waals surface area contributed by atoms with Crippen molar-refractivity contribution in [1.29, 1.82) is 0 Å². The van der Waals surface area contributed by atoms with Crippen molar-refractivity contribution in [1.82, 2.24) is 4.90 Å². The minimum absolute atomic E-state index is 0.0891. The largest absolute Gasteiger partial charge is 0.370 e. The molecule has 1 fully saturated rings. The molecule has 1 saturated heterocycles. The van der Waals surface area contributed by atoms with Crippen LogP contribution < -0.4 is 0 Å². The molecule has 0 N–H and O–H groups in total. The van der Waals surface area contributed by atoms with E-state index in [1.165, 1.54) is 21.6 Å². The molecule has 27 heavy (non-hydrogen) atoms. The number of ether oxygens (including phenoxy) is 1. The second kappa shape index (κ2) is 7.32. The maximum Gasteiger partial charge on any atom is 0.175 e. The molecule has 0 unspecified atom stereocenters. The summed E-state index contributed by atoms with van der Waals surface area (Å²) in [5, 5.41) is 0. The van der Waals surface area contributed by atoms with Crippen LogP contribution in [-0.4, -0.2) is 39.3 Å². The molecule has 0 bridgehead atoms. The lowest BCUT2D eigenvalue weighted by Crippen LogP contribution is -2.45. The van der Waals surface area contributed by atoms with Gasteiger partial charge in [0.05, 0.1) is 17.1 Å². The molecule has 1 spiro atoms. The molecule has 2 aromatic rings. The Kier molecular flexibility index (Phi) is 5.18. The molecule has 0 saturated carbocycles. The molecule has 1 aromatic heterocycles. The van der Waals surface area contributed by atoms with E-state index >= 15 is 0 Å². The van der Waals surface area contributed by atoms with E-state index in [1.54, 1.807) is 12.1 Å². The van der Waals surface area contributed by atoms with Crippen LogP contribution >= 0.6 is 11.3 Å². The molecule has 2 aliphatic heterocycles. The topological polar surface area (TPSA) is 46.6 Å². The number of likely N-dealkylation sites (tertiary alicyclic amines) is 1. The van der Waals surface area contributed by atoms with Gasteiger partial charge in [0.25, 0.3) is 0 Å². The fourth-order valence-corrected chi connectivity index (χ4v) is 6.04. The summed E-state index contributed by atoms with van der Waals surface area (Å²) in [5.74, 6) is 0. The number of nitrogens with zero attached hydrogens (tertiary/aromatic N) is 1. The third-order valence-corrected chi connectivity index (χ3v) is 8.30. The van der Waals surface area contributed by atoms with Crippen LogP contribution in [0, 0.1) is 0 Å². The van der Waals surface area contributed by atoms with Crippen LogP contribution in [0.2, 0.25) is 0 Å². The second-order valence-corrected chi connectivity index (χ2v) is 10.9. The van der Waals surface area contributed by atoms with Gasteiger partial charge < -0.3 is 4.74 Å². The fraction of sp³-hybridized carbons (Fsp3) is 0.524. The zero-order chi connectivity index (χ0) is 19.1. The van der Waals surface area contributed by atoms with E-state index in [0.717, 1.165) is 57.5 Å². The quantitative estimate of drug-likeness (QED) is 0.777. The van der Waals surface area contributed by atoms with Crippen molar-refractivity contribution in [3.8, 4) is 0 Å². The molecule has 4 nitrogen and oxygen atoms in total. The van der Waals surface area contributed by atoms with Gasteiger partial charge in [-0.25, -0.2) is 8.42 Å². The van der Waals surface area contributed by atoms with Gasteiger partial charge in [0, 0.05) is 42.1 Å². The Morgan fingerprint density at radius 1 is 1.19 bits per heavy atom. The summed E-state index contributed by atoms with van der Waals surface area (Å²) in [6.45, 7) is 5.93. The maximum atomic E-state index is 11.6. The first-order chi connectivity index (χ1) is 12.9. The number of hydrogen-bond donors (Lipinski definition) is 0. The monoisotopic (exact) mass is 405 g/mol. The van der Waals surface area contributed by atoms with Crippen molar-refractivity contribution in [3.05, 3.63) is 51.2 Å². The predicted molar refractivity (Wildman–Crippen MR) is 109 cm³/mol. The highest BCUT2D eigenvalue weighted by molar-refractivity contribution is 7.90. The summed E-state index contributed by atoms with van der Waals surface area (Å²) in [6, 6.07) is 9.68. The molecule has 2 aliphatic rings. The number of aryl methyl sites for hydroxylation is 1. The molecule has 0 atom stereocenters. The first-order valence-corrected chi connectivity index (χ1v) is 12.4. The molecular formula is C21H27NO3S2. The lowest BCUT2D eigenvalue weighted by atomic mass is 9.82. The number of thiophene rings is 1. The normalized spacial score (nSPS) is 19.9. The lowest BCUT2D eigenvalue weighted by molar-refractivity contribution is -0.0981. The van der Waals surface area contributed by atoms with Gasteiger partial charge in [-0.1, -0.05) is 19.1 Å². The summed E-state index contributed by atoms with van der Waals surface area (Å²) in [5.41, 5.74) is 2.52. The number of sulfone groups is 1. The molecule has 1 aromatic carbocycles. The first kappa shape index (κ1) is 19.1. The highest BCUT2D eigenvalue weighted by Crippen LogP contribution is 2.44. The van der Waals surface area contributed by atoms with Gasteiger partial charge >= 0.3 is 0 Å². The Balaban J connectivity index is 1.43. The summed E-state index contributed by atoms with van der Waals surface area (Å²) < 4.78 is 29.6. The van der Waals surface area contributed by atoms with Crippen LogP contribution in [0.4, 0.5) is 0 Å². The summed E-state index contributed by atoms with van der Waals surface area (Å²) in [4.78, 5) is 5.84. The summed E-state index contributed by atoms with van der Waals surface area (Å²) in [7, 11) is -3.13. The number of benzene rings is 1. The Labute approximate surface area is 166 Å². The van der Waals surface area contributed by atoms with Crippen molar-refractivity contribution in [2.75, 3.05) is 26.0 Å². The van der Waals surface area contributed by atoms with Gasteiger partial charge in [-0.15, -0.1) is 11.3 Å². The van der Waals surface area contributed by atoms with Crippen molar-refractivity contribution in [3.63, 3.8) is 0 Å². The minimum Gasteiger partial charge on any atom is -0.370 e. The van der Waals surface area contributed by atoms with Crippen LogP contribution in [0.1, 0.15) is 40.6 Å². The van der Waals surface area contributed by atoms with E-state index in [0.29, 0.717) is 4.90 Å². The van der Waals surface area contributed by atoms with Crippen molar-refractivity contribution >= 4 is 21.2 Å². The van der Waals surface area contributed by atoms with Gasteiger partial charge in [0.15, 0.2) is 9.84 Å². The van der Waals surface area contributed by atoms with Crippen LogP contribution in [-0.2, 0) is 39.6 Å². The second-order valence-electron chi connectivity index (χ2n) is 7.69. The van der Waals surface area contributed by atoms with Crippen molar-refractivity contribution in [2.45, 2.75) is 49.6 Å². The van der Waals surface area contributed by atoms with Crippen molar-refractivity contribution < 1.29 is 13.2 Å². The summed E-state index contributed by atoms with van der Waals surface area (Å²) >= 11 is 1.97. The molecule has 6 heteroatoms. The van der Waals surface area contributed by atoms with Gasteiger partial charge in [-0.3, -0.25) is 4.90 Å². The number of hydrogen-bond acceptors (Lipinski definition) is 5. The third kappa shape index (κ3) is 3.86. The molecule has 4 rings (SSSR count). The van der Waals surface area contributed by atoms with Crippen LogP contribution in [0.15, 0.2) is 35.2 Å². The SMILES string of the molecule is CCc1cc2c(s1)CCOC21CCN(Cc2ccc(S(C)(=O)=O)cc2)CC1. The number of piperidine rings is 1. The Bertz CT molecular complexity index is 907. The fourth-order valence-electron chi connectivity index (χ4n) is 4.23. The molecule has 0 amide bonds. The zero-order valence-corrected chi connectivity index (χ0v) is 17.7. The predicted octanol–water partition coefficient (Wildman–Crippen LogP) is 3.78. The van der Waals surface area contributed by atoms with E-state index in [1.807, 2.05) is 23.5 Å². The smallest absolute Gasteiger partial charge is 0.175 e. The van der Waals surface area contributed by atoms with Crippen molar-refractivity contribution in [2.24, 2.45) is 0 Å². The van der Waals surface area contributed by atoms with E-state index < -0.39 is 9.84 Å². The van der Waals surface area contributed by atoms with Gasteiger partial charge in [-0.05, 0) is 48.6 Å².